The molecular weight excluding hydrogens is 232 g/mol. The van der Waals surface area contributed by atoms with Crippen molar-refractivity contribution in [3.63, 3.8) is 0 Å². The zero-order chi connectivity index (χ0) is 13.1. The number of benzene rings is 1. The average molecular weight is 258 g/mol. The van der Waals surface area contributed by atoms with Crippen LogP contribution in [-0.2, 0) is 13.0 Å². The Morgan fingerprint density at radius 1 is 1.00 bits per heavy atom. The second kappa shape index (κ2) is 5.64. The molecule has 1 aromatic rings. The Bertz CT molecular complexity index is 419. The highest BCUT2D eigenvalue weighted by Crippen LogP contribution is 2.35. The Morgan fingerprint density at radius 3 is 2.37 bits per heavy atom. The van der Waals surface area contributed by atoms with Crippen LogP contribution in [0.5, 0.6) is 0 Å². The maximum absolute atomic E-state index is 6.22. The van der Waals surface area contributed by atoms with Gasteiger partial charge in [0.1, 0.15) is 0 Å². The van der Waals surface area contributed by atoms with Crippen molar-refractivity contribution in [3.05, 3.63) is 35.4 Å². The zero-order valence-electron chi connectivity index (χ0n) is 11.9. The van der Waals surface area contributed by atoms with E-state index in [1.165, 1.54) is 57.1 Å². The molecular formula is C17H26N2. The van der Waals surface area contributed by atoms with E-state index in [-0.39, 0.29) is 5.54 Å². The van der Waals surface area contributed by atoms with Crippen LogP contribution in [0.2, 0.25) is 0 Å². The quantitative estimate of drug-likeness (QED) is 0.826. The molecule has 3 rings (SSSR count). The summed E-state index contributed by atoms with van der Waals surface area (Å²) in [5.41, 5.74) is 9.56. The van der Waals surface area contributed by atoms with Crippen LogP contribution < -0.4 is 5.73 Å². The van der Waals surface area contributed by atoms with Crippen molar-refractivity contribution in [2.45, 2.75) is 57.0 Å². The molecule has 1 saturated carbocycles. The molecule has 1 heterocycles. The predicted molar refractivity (Wildman–Crippen MR) is 80.0 cm³/mol. The van der Waals surface area contributed by atoms with Gasteiger partial charge < -0.3 is 5.73 Å². The van der Waals surface area contributed by atoms with E-state index in [4.69, 9.17) is 5.73 Å². The van der Waals surface area contributed by atoms with Crippen molar-refractivity contribution >= 4 is 0 Å². The Kier molecular flexibility index (Phi) is 3.90. The molecule has 1 aliphatic heterocycles. The fourth-order valence-electron chi connectivity index (χ4n) is 3.94. The summed E-state index contributed by atoms with van der Waals surface area (Å²) < 4.78 is 0. The minimum absolute atomic E-state index is 0.282. The van der Waals surface area contributed by atoms with Crippen molar-refractivity contribution in [2.75, 3.05) is 13.1 Å². The van der Waals surface area contributed by atoms with Gasteiger partial charge in [-0.3, -0.25) is 4.90 Å². The molecule has 0 spiro atoms. The van der Waals surface area contributed by atoms with Crippen LogP contribution in [0.15, 0.2) is 24.3 Å². The lowest BCUT2D eigenvalue weighted by atomic mass is 9.85. The number of nitrogens with zero attached hydrogens (tertiary/aromatic N) is 1. The monoisotopic (exact) mass is 258 g/mol. The molecule has 2 aliphatic rings. The van der Waals surface area contributed by atoms with Crippen molar-refractivity contribution in [3.8, 4) is 0 Å². The van der Waals surface area contributed by atoms with Crippen molar-refractivity contribution in [1.82, 2.24) is 4.90 Å². The maximum atomic E-state index is 6.22. The maximum Gasteiger partial charge on any atom is 0.0335 e. The van der Waals surface area contributed by atoms with Gasteiger partial charge in [0, 0.05) is 25.2 Å². The van der Waals surface area contributed by atoms with Gasteiger partial charge in [0.25, 0.3) is 0 Å². The molecule has 2 N–H and O–H groups in total. The molecule has 0 radical (unpaired) electrons. The summed E-state index contributed by atoms with van der Waals surface area (Å²) in [6.07, 6.45) is 9.29. The molecule has 0 atom stereocenters. The lowest BCUT2D eigenvalue weighted by molar-refractivity contribution is 0.0643. The summed E-state index contributed by atoms with van der Waals surface area (Å²) in [6, 6.07) is 8.92. The molecule has 0 bridgehead atoms. The molecule has 104 valence electrons. The zero-order valence-corrected chi connectivity index (χ0v) is 11.9. The molecule has 1 fully saturated rings. The highest BCUT2D eigenvalue weighted by atomic mass is 15.2. The summed E-state index contributed by atoms with van der Waals surface area (Å²) in [5.74, 6) is 0. The normalized spacial score (nSPS) is 23.6. The highest BCUT2D eigenvalue weighted by Gasteiger charge is 2.37. The smallest absolute Gasteiger partial charge is 0.0335 e. The van der Waals surface area contributed by atoms with Crippen LogP contribution >= 0.6 is 0 Å². The molecule has 1 aromatic carbocycles. The van der Waals surface area contributed by atoms with E-state index in [0.29, 0.717) is 0 Å². The van der Waals surface area contributed by atoms with Gasteiger partial charge in [-0.05, 0) is 30.4 Å². The van der Waals surface area contributed by atoms with Gasteiger partial charge in [-0.15, -0.1) is 0 Å². The van der Waals surface area contributed by atoms with Crippen molar-refractivity contribution < 1.29 is 0 Å². The Labute approximate surface area is 117 Å². The largest absolute Gasteiger partial charge is 0.329 e. The first-order valence-corrected chi connectivity index (χ1v) is 7.86. The third-order valence-electron chi connectivity index (χ3n) is 5.22. The van der Waals surface area contributed by atoms with E-state index >= 15 is 0 Å². The molecule has 1 aliphatic carbocycles. The number of nitrogens with two attached hydrogens (primary N) is 1. The third-order valence-corrected chi connectivity index (χ3v) is 5.22. The summed E-state index contributed by atoms with van der Waals surface area (Å²) in [6.45, 7) is 3.12. The summed E-state index contributed by atoms with van der Waals surface area (Å²) >= 11 is 0. The van der Waals surface area contributed by atoms with E-state index in [2.05, 4.69) is 29.2 Å². The van der Waals surface area contributed by atoms with Crippen molar-refractivity contribution in [1.29, 1.82) is 0 Å². The molecule has 0 aromatic heterocycles. The Morgan fingerprint density at radius 2 is 1.68 bits per heavy atom. The van der Waals surface area contributed by atoms with Gasteiger partial charge in [-0.1, -0.05) is 49.9 Å². The highest BCUT2D eigenvalue weighted by molar-refractivity contribution is 5.29. The van der Waals surface area contributed by atoms with Crippen LogP contribution in [0.4, 0.5) is 0 Å². The van der Waals surface area contributed by atoms with Crippen LogP contribution in [0.3, 0.4) is 0 Å². The second-order valence-electron chi connectivity index (χ2n) is 6.28. The van der Waals surface area contributed by atoms with Gasteiger partial charge >= 0.3 is 0 Å². The number of hydrogen-bond donors (Lipinski definition) is 1. The van der Waals surface area contributed by atoms with Gasteiger partial charge in [0.05, 0.1) is 0 Å². The SMILES string of the molecule is NCC1(N2CCc3ccccc3C2)CCCCCC1. The van der Waals surface area contributed by atoms with Crippen LogP contribution in [-0.4, -0.2) is 23.5 Å². The molecule has 2 nitrogen and oxygen atoms in total. The number of rotatable bonds is 2. The first-order valence-electron chi connectivity index (χ1n) is 7.86. The fraction of sp³-hybridized carbons (Fsp3) is 0.647. The summed E-state index contributed by atoms with van der Waals surface area (Å²) in [4.78, 5) is 2.70. The predicted octanol–water partition coefficient (Wildman–Crippen LogP) is 3.10. The lowest BCUT2D eigenvalue weighted by Crippen LogP contribution is -2.55. The van der Waals surface area contributed by atoms with Crippen molar-refractivity contribution in [2.24, 2.45) is 5.73 Å². The third kappa shape index (κ3) is 2.56. The lowest BCUT2D eigenvalue weighted by Gasteiger charge is -2.45. The number of fused-ring (bicyclic) bond motifs is 1. The van der Waals surface area contributed by atoms with E-state index in [1.807, 2.05) is 0 Å². The number of hydrogen-bond acceptors (Lipinski definition) is 2. The minimum atomic E-state index is 0.282. The summed E-state index contributed by atoms with van der Waals surface area (Å²) in [7, 11) is 0. The van der Waals surface area contributed by atoms with E-state index < -0.39 is 0 Å². The summed E-state index contributed by atoms with van der Waals surface area (Å²) in [5, 5.41) is 0. The average Bonchev–Trinajstić information content (AvgIpc) is 2.73. The van der Waals surface area contributed by atoms with Gasteiger partial charge in [0.2, 0.25) is 0 Å². The minimum Gasteiger partial charge on any atom is -0.329 e. The Balaban J connectivity index is 1.81. The second-order valence-corrected chi connectivity index (χ2v) is 6.28. The van der Waals surface area contributed by atoms with E-state index in [9.17, 15) is 0 Å². The van der Waals surface area contributed by atoms with Gasteiger partial charge in [0.15, 0.2) is 0 Å². The first kappa shape index (κ1) is 13.1. The molecule has 19 heavy (non-hydrogen) atoms. The topological polar surface area (TPSA) is 29.3 Å². The molecule has 0 unspecified atom stereocenters. The molecule has 0 saturated heterocycles. The molecule has 2 heteroatoms. The van der Waals surface area contributed by atoms with Crippen LogP contribution in [0.25, 0.3) is 0 Å². The van der Waals surface area contributed by atoms with Gasteiger partial charge in [-0.2, -0.15) is 0 Å². The fourth-order valence-corrected chi connectivity index (χ4v) is 3.94. The Hall–Kier alpha value is -0.860. The standard InChI is InChI=1S/C17H26N2/c18-14-17(10-5-1-2-6-11-17)19-12-9-15-7-3-4-8-16(15)13-19/h3-4,7-8H,1-2,5-6,9-14,18H2. The van der Waals surface area contributed by atoms with E-state index in [0.717, 1.165) is 13.1 Å². The molecule has 0 amide bonds. The van der Waals surface area contributed by atoms with E-state index in [1.54, 1.807) is 5.56 Å². The van der Waals surface area contributed by atoms with Crippen LogP contribution in [0.1, 0.15) is 49.7 Å². The van der Waals surface area contributed by atoms with Crippen LogP contribution in [0, 0.1) is 0 Å². The van der Waals surface area contributed by atoms with Gasteiger partial charge in [-0.25, -0.2) is 0 Å². The first-order chi connectivity index (χ1) is 9.34.